The molecule has 4 aliphatic rings. The van der Waals surface area contributed by atoms with Crippen LogP contribution in [-0.2, 0) is 6.54 Å². The Morgan fingerprint density at radius 2 is 1.97 bits per heavy atom. The van der Waals surface area contributed by atoms with Gasteiger partial charge in [-0.25, -0.2) is 0 Å². The molecule has 5 heteroatoms. The summed E-state index contributed by atoms with van der Waals surface area (Å²) >= 11 is 0. The molecule has 0 radical (unpaired) electrons. The predicted molar refractivity (Wildman–Crippen MR) is 133 cm³/mol. The fraction of sp³-hybridized carbons (Fsp3) is 0.862. The number of hydrogen-bond acceptors (Lipinski definition) is 4. The van der Waals surface area contributed by atoms with Gasteiger partial charge in [0.1, 0.15) is 6.07 Å². The molecule has 5 rings (SSSR count). The van der Waals surface area contributed by atoms with Crippen molar-refractivity contribution in [2.24, 2.45) is 46.3 Å². The van der Waals surface area contributed by atoms with Crippen molar-refractivity contribution in [2.75, 3.05) is 0 Å². The quantitative estimate of drug-likeness (QED) is 0.595. The molecule has 0 aromatic carbocycles. The summed E-state index contributed by atoms with van der Waals surface area (Å²) in [6, 6.07) is 2.19. The minimum atomic E-state index is -0.480. The minimum absolute atomic E-state index is 0.163. The van der Waals surface area contributed by atoms with Crippen LogP contribution in [0.4, 0.5) is 0 Å². The van der Waals surface area contributed by atoms with Gasteiger partial charge >= 0.3 is 0 Å². The first kappa shape index (κ1) is 24.3. The summed E-state index contributed by atoms with van der Waals surface area (Å²) in [6.45, 7) is 10.3. The molecule has 1 aromatic rings. The van der Waals surface area contributed by atoms with Gasteiger partial charge in [-0.3, -0.25) is 4.68 Å². The van der Waals surface area contributed by atoms with Gasteiger partial charge in [-0.2, -0.15) is 10.4 Å². The first-order valence-electron chi connectivity index (χ1n) is 14.0. The lowest BCUT2D eigenvalue weighted by atomic mass is 9.42. The van der Waals surface area contributed by atoms with Crippen LogP contribution >= 0.6 is 0 Å². The van der Waals surface area contributed by atoms with Gasteiger partial charge in [0, 0.05) is 12.7 Å². The molecule has 1 heterocycles. The van der Waals surface area contributed by atoms with Crippen molar-refractivity contribution in [3.05, 3.63) is 18.0 Å². The van der Waals surface area contributed by atoms with Crippen LogP contribution in [0.1, 0.15) is 97.5 Å². The molecule has 10 atom stereocenters. The zero-order valence-corrected chi connectivity index (χ0v) is 21.7. The Kier molecular flexibility index (Phi) is 6.17. The maximum Gasteiger partial charge on any atom is 0.102 e. The van der Waals surface area contributed by atoms with E-state index in [2.05, 4.69) is 38.9 Å². The SMILES string of the molecule is CCC[C@@]1(O)CC[C@@]2(C)[C@H](CC[C@@H]3[C@@H]2[C@@H](O)C[C@]2(C)[C@@H]([C@H](C)Cn4cc(C#N)cn4)CC[C@@H]32)C1. The smallest absolute Gasteiger partial charge is 0.102 e. The molecule has 0 unspecified atom stereocenters. The van der Waals surface area contributed by atoms with Gasteiger partial charge in [0.05, 0.1) is 23.5 Å². The second-order valence-electron chi connectivity index (χ2n) is 13.3. The fourth-order valence-electron chi connectivity index (χ4n) is 10.1. The molecule has 0 amide bonds. The maximum atomic E-state index is 11.8. The van der Waals surface area contributed by atoms with Gasteiger partial charge in [-0.05, 0) is 104 Å². The van der Waals surface area contributed by atoms with Gasteiger partial charge in [0.15, 0.2) is 0 Å². The summed E-state index contributed by atoms with van der Waals surface area (Å²) in [7, 11) is 0. The van der Waals surface area contributed by atoms with Crippen molar-refractivity contribution in [2.45, 2.75) is 110 Å². The maximum absolute atomic E-state index is 11.8. The van der Waals surface area contributed by atoms with Crippen molar-refractivity contribution < 1.29 is 10.2 Å². The topological polar surface area (TPSA) is 82.1 Å². The molecule has 4 aliphatic carbocycles. The number of fused-ring (bicyclic) bond motifs is 5. The van der Waals surface area contributed by atoms with Crippen LogP contribution in [0.3, 0.4) is 0 Å². The highest BCUT2D eigenvalue weighted by Gasteiger charge is 2.64. The Hall–Kier alpha value is -1.38. The monoisotopic (exact) mass is 467 g/mol. The Labute approximate surface area is 205 Å². The number of hydrogen-bond donors (Lipinski definition) is 2. The Balaban J connectivity index is 1.35. The number of aromatic nitrogens is 2. The summed E-state index contributed by atoms with van der Waals surface area (Å²) < 4.78 is 1.94. The zero-order valence-electron chi connectivity index (χ0n) is 21.7. The highest BCUT2D eigenvalue weighted by molar-refractivity contribution is 5.21. The van der Waals surface area contributed by atoms with Crippen LogP contribution in [0.15, 0.2) is 12.4 Å². The van der Waals surface area contributed by atoms with E-state index in [1.165, 1.54) is 25.7 Å². The molecule has 1 aromatic heterocycles. The van der Waals surface area contributed by atoms with Gasteiger partial charge in [-0.15, -0.1) is 0 Å². The molecule has 34 heavy (non-hydrogen) atoms. The number of rotatable bonds is 5. The first-order valence-corrected chi connectivity index (χ1v) is 14.0. The van der Waals surface area contributed by atoms with E-state index in [4.69, 9.17) is 5.26 Å². The molecular weight excluding hydrogens is 422 g/mol. The predicted octanol–water partition coefficient (Wildman–Crippen LogP) is 5.55. The van der Waals surface area contributed by atoms with Crippen LogP contribution < -0.4 is 0 Å². The van der Waals surface area contributed by atoms with E-state index in [1.807, 2.05) is 10.9 Å². The van der Waals surface area contributed by atoms with Crippen LogP contribution in [0, 0.1) is 57.7 Å². The van der Waals surface area contributed by atoms with E-state index in [1.54, 1.807) is 6.20 Å². The molecule has 4 fully saturated rings. The molecule has 4 saturated carbocycles. The standard InChI is InChI=1S/C29H45N3O2/c1-5-10-29(34)12-11-27(3)21(13-29)6-7-22-24-9-8-23(28(24,4)14-25(33)26(22)27)19(2)17-32-18-20(15-30)16-31-32/h16,18-19,21-26,33-34H,5-14,17H2,1-4H3/t19-,21-,22+,23-,24+,25+,26-,27+,28-,29-/m1/s1. The van der Waals surface area contributed by atoms with E-state index in [-0.39, 0.29) is 16.9 Å². The molecule has 0 spiro atoms. The lowest BCUT2D eigenvalue weighted by Gasteiger charge is -2.63. The van der Waals surface area contributed by atoms with E-state index in [9.17, 15) is 10.2 Å². The average molecular weight is 468 g/mol. The largest absolute Gasteiger partial charge is 0.393 e. The lowest BCUT2D eigenvalue weighted by molar-refractivity contribution is -0.193. The zero-order chi connectivity index (χ0) is 24.3. The van der Waals surface area contributed by atoms with Crippen LogP contribution in [0.5, 0.6) is 0 Å². The van der Waals surface area contributed by atoms with E-state index in [0.29, 0.717) is 41.1 Å². The number of aliphatic hydroxyl groups is 2. The van der Waals surface area contributed by atoms with Crippen molar-refractivity contribution >= 4 is 0 Å². The molecule has 0 saturated heterocycles. The molecule has 2 N–H and O–H groups in total. The van der Waals surface area contributed by atoms with Crippen molar-refractivity contribution in [1.29, 1.82) is 5.26 Å². The summed E-state index contributed by atoms with van der Waals surface area (Å²) in [4.78, 5) is 0. The van der Waals surface area contributed by atoms with E-state index >= 15 is 0 Å². The van der Waals surface area contributed by atoms with Crippen molar-refractivity contribution in [3.63, 3.8) is 0 Å². The Morgan fingerprint density at radius 1 is 1.18 bits per heavy atom. The van der Waals surface area contributed by atoms with Crippen molar-refractivity contribution in [3.8, 4) is 6.07 Å². The van der Waals surface area contributed by atoms with Crippen LogP contribution in [0.25, 0.3) is 0 Å². The molecule has 0 bridgehead atoms. The van der Waals surface area contributed by atoms with E-state index < -0.39 is 5.60 Å². The third-order valence-corrected chi connectivity index (χ3v) is 11.5. The minimum Gasteiger partial charge on any atom is -0.393 e. The van der Waals surface area contributed by atoms with E-state index in [0.717, 1.165) is 45.1 Å². The Bertz CT molecular complexity index is 938. The van der Waals surface area contributed by atoms with Gasteiger partial charge in [-0.1, -0.05) is 34.1 Å². The highest BCUT2D eigenvalue weighted by Crippen LogP contribution is 2.69. The second-order valence-corrected chi connectivity index (χ2v) is 13.3. The van der Waals surface area contributed by atoms with Crippen LogP contribution in [-0.4, -0.2) is 31.7 Å². The normalized spacial score (nSPS) is 46.7. The number of nitriles is 1. The third-order valence-electron chi connectivity index (χ3n) is 11.5. The molecule has 188 valence electrons. The molecular formula is C29H45N3O2. The van der Waals surface area contributed by atoms with Gasteiger partial charge in [0.25, 0.3) is 0 Å². The molecule has 0 aliphatic heterocycles. The van der Waals surface area contributed by atoms with Crippen molar-refractivity contribution in [1.82, 2.24) is 9.78 Å². The Morgan fingerprint density at radius 3 is 2.68 bits per heavy atom. The second kappa shape index (κ2) is 8.63. The molecule has 5 nitrogen and oxygen atoms in total. The van der Waals surface area contributed by atoms with Gasteiger partial charge < -0.3 is 10.2 Å². The summed E-state index contributed by atoms with van der Waals surface area (Å²) in [5.74, 6) is 3.27. The highest BCUT2D eigenvalue weighted by atomic mass is 16.3. The fourth-order valence-corrected chi connectivity index (χ4v) is 10.1. The lowest BCUT2D eigenvalue weighted by Crippen LogP contribution is -2.60. The average Bonchev–Trinajstić information content (AvgIpc) is 3.37. The van der Waals surface area contributed by atoms with Crippen LogP contribution in [0.2, 0.25) is 0 Å². The summed E-state index contributed by atoms with van der Waals surface area (Å²) in [6.07, 6.45) is 14.0. The summed E-state index contributed by atoms with van der Waals surface area (Å²) in [5, 5.41) is 36.5. The summed E-state index contributed by atoms with van der Waals surface area (Å²) in [5.41, 5.74) is 0.482. The number of aliphatic hydroxyl groups excluding tert-OH is 1. The third kappa shape index (κ3) is 3.75. The van der Waals surface area contributed by atoms with Gasteiger partial charge in [0.2, 0.25) is 0 Å². The number of nitrogens with zero attached hydrogens (tertiary/aromatic N) is 3. The first-order chi connectivity index (χ1) is 16.1.